The number of aromatic nitrogens is 2. The Bertz CT molecular complexity index is 424. The van der Waals surface area contributed by atoms with Crippen LogP contribution in [0.15, 0.2) is 6.20 Å². The number of rotatable bonds is 3. The Labute approximate surface area is 98.3 Å². The standard InChI is InChI=1S/C10H15N5O2/c16-15(17)10-8(5-11-13-10)12-9-6-14-3-1-7(9)2-4-14/h5,7,9,12H,1-4,6H2,(H,11,13). The van der Waals surface area contributed by atoms with E-state index < -0.39 is 4.92 Å². The van der Waals surface area contributed by atoms with Gasteiger partial charge in [-0.3, -0.25) is 0 Å². The smallest absolute Gasteiger partial charge is 0.366 e. The molecular weight excluding hydrogens is 222 g/mol. The summed E-state index contributed by atoms with van der Waals surface area (Å²) >= 11 is 0. The molecule has 7 nitrogen and oxygen atoms in total. The summed E-state index contributed by atoms with van der Waals surface area (Å²) in [5.41, 5.74) is 0.508. The topological polar surface area (TPSA) is 87.1 Å². The van der Waals surface area contributed by atoms with Gasteiger partial charge in [-0.1, -0.05) is 5.10 Å². The maximum absolute atomic E-state index is 10.8. The largest absolute Gasteiger partial charge is 0.373 e. The predicted molar refractivity (Wildman–Crippen MR) is 61.8 cm³/mol. The number of hydrogen-bond acceptors (Lipinski definition) is 5. The quantitative estimate of drug-likeness (QED) is 0.600. The highest BCUT2D eigenvalue weighted by Gasteiger charge is 2.35. The zero-order valence-corrected chi connectivity index (χ0v) is 9.43. The molecule has 1 atom stereocenters. The molecule has 7 heteroatoms. The van der Waals surface area contributed by atoms with Gasteiger partial charge in [-0.2, -0.15) is 0 Å². The minimum absolute atomic E-state index is 0.0403. The van der Waals surface area contributed by atoms with Crippen LogP contribution < -0.4 is 5.32 Å². The molecule has 3 aliphatic rings. The molecule has 3 saturated heterocycles. The molecule has 1 aromatic rings. The van der Waals surface area contributed by atoms with Crippen molar-refractivity contribution in [2.24, 2.45) is 5.92 Å². The van der Waals surface area contributed by atoms with E-state index >= 15 is 0 Å². The van der Waals surface area contributed by atoms with Crippen LogP contribution in [0, 0.1) is 16.0 Å². The van der Waals surface area contributed by atoms with Crippen molar-refractivity contribution in [2.45, 2.75) is 18.9 Å². The number of anilines is 1. The predicted octanol–water partition coefficient (Wildman–Crippen LogP) is 0.824. The van der Waals surface area contributed by atoms with Gasteiger partial charge in [0.2, 0.25) is 0 Å². The van der Waals surface area contributed by atoms with Crippen molar-refractivity contribution < 1.29 is 4.92 Å². The normalized spacial score (nSPS) is 31.4. The maximum Gasteiger partial charge on any atom is 0.366 e. The second-order valence-corrected chi connectivity index (χ2v) is 4.78. The van der Waals surface area contributed by atoms with Crippen molar-refractivity contribution in [2.75, 3.05) is 25.0 Å². The monoisotopic (exact) mass is 237 g/mol. The summed E-state index contributed by atoms with van der Waals surface area (Å²) in [5.74, 6) is 0.593. The number of fused-ring (bicyclic) bond motifs is 3. The zero-order chi connectivity index (χ0) is 11.8. The lowest BCUT2D eigenvalue weighted by Gasteiger charge is -2.45. The van der Waals surface area contributed by atoms with Crippen LogP contribution in [-0.2, 0) is 0 Å². The third kappa shape index (κ3) is 1.86. The second-order valence-electron chi connectivity index (χ2n) is 4.78. The fourth-order valence-corrected chi connectivity index (χ4v) is 2.85. The molecule has 3 aliphatic heterocycles. The first-order chi connectivity index (χ1) is 8.24. The highest BCUT2D eigenvalue weighted by molar-refractivity contribution is 5.56. The number of hydrogen-bond donors (Lipinski definition) is 2. The number of H-pyrrole nitrogens is 1. The van der Waals surface area contributed by atoms with Crippen molar-refractivity contribution in [1.82, 2.24) is 15.1 Å². The fourth-order valence-electron chi connectivity index (χ4n) is 2.85. The van der Waals surface area contributed by atoms with Gasteiger partial charge in [0, 0.05) is 12.6 Å². The maximum atomic E-state index is 10.8. The molecule has 1 aromatic heterocycles. The Morgan fingerprint density at radius 1 is 1.53 bits per heavy atom. The number of aromatic amines is 1. The first kappa shape index (κ1) is 10.5. The number of nitrogens with zero attached hydrogens (tertiary/aromatic N) is 3. The van der Waals surface area contributed by atoms with E-state index in [0.717, 1.165) is 19.6 Å². The molecule has 0 amide bonds. The SMILES string of the molecule is O=[N+]([O-])c1[nH]ncc1NC1CN2CCC1CC2. The molecule has 2 bridgehead atoms. The van der Waals surface area contributed by atoms with E-state index in [-0.39, 0.29) is 5.82 Å². The summed E-state index contributed by atoms with van der Waals surface area (Å²) in [4.78, 5) is 12.7. The summed E-state index contributed by atoms with van der Waals surface area (Å²) in [5, 5.41) is 20.2. The third-order valence-electron chi connectivity index (χ3n) is 3.80. The first-order valence-corrected chi connectivity index (χ1v) is 5.90. The molecule has 0 spiro atoms. The summed E-state index contributed by atoms with van der Waals surface area (Å²) in [7, 11) is 0. The van der Waals surface area contributed by atoms with Gasteiger partial charge < -0.3 is 20.3 Å². The van der Waals surface area contributed by atoms with Gasteiger partial charge in [0.1, 0.15) is 6.20 Å². The molecule has 92 valence electrons. The molecule has 0 aromatic carbocycles. The molecule has 17 heavy (non-hydrogen) atoms. The van der Waals surface area contributed by atoms with Crippen LogP contribution in [-0.4, -0.2) is 45.7 Å². The van der Waals surface area contributed by atoms with Crippen LogP contribution in [0.25, 0.3) is 0 Å². The van der Waals surface area contributed by atoms with Gasteiger partial charge in [-0.25, -0.2) is 0 Å². The Balaban J connectivity index is 1.74. The van der Waals surface area contributed by atoms with Gasteiger partial charge in [-0.15, -0.1) is 5.10 Å². The Morgan fingerprint density at radius 3 is 2.88 bits per heavy atom. The summed E-state index contributed by atoms with van der Waals surface area (Å²) in [6.45, 7) is 3.31. The first-order valence-electron chi connectivity index (χ1n) is 5.90. The fraction of sp³-hybridized carbons (Fsp3) is 0.700. The second kappa shape index (κ2) is 3.99. The van der Waals surface area contributed by atoms with Crippen molar-refractivity contribution >= 4 is 11.5 Å². The van der Waals surface area contributed by atoms with Gasteiger partial charge in [0.25, 0.3) is 0 Å². The van der Waals surface area contributed by atoms with Crippen LogP contribution in [0.3, 0.4) is 0 Å². The van der Waals surface area contributed by atoms with Gasteiger partial charge >= 0.3 is 5.82 Å². The molecule has 2 N–H and O–H groups in total. The summed E-state index contributed by atoms with van der Waals surface area (Å²) in [6, 6.07) is 0.314. The van der Waals surface area contributed by atoms with Crippen molar-refractivity contribution in [3.05, 3.63) is 16.3 Å². The van der Waals surface area contributed by atoms with E-state index in [1.165, 1.54) is 19.0 Å². The Morgan fingerprint density at radius 2 is 2.29 bits per heavy atom. The molecule has 1 unspecified atom stereocenters. The highest BCUT2D eigenvalue weighted by Crippen LogP contribution is 2.31. The van der Waals surface area contributed by atoms with Gasteiger partial charge in [-0.05, 0) is 36.8 Å². The minimum Gasteiger partial charge on any atom is -0.373 e. The van der Waals surface area contributed by atoms with E-state index in [1.54, 1.807) is 0 Å². The number of nitrogens with one attached hydrogen (secondary N) is 2. The molecule has 0 aliphatic carbocycles. The van der Waals surface area contributed by atoms with Gasteiger partial charge in [0.05, 0.1) is 0 Å². The highest BCUT2D eigenvalue weighted by atomic mass is 16.6. The average molecular weight is 237 g/mol. The van der Waals surface area contributed by atoms with E-state index in [4.69, 9.17) is 0 Å². The van der Waals surface area contributed by atoms with Crippen molar-refractivity contribution in [3.63, 3.8) is 0 Å². The minimum atomic E-state index is -0.434. The molecule has 3 fully saturated rings. The van der Waals surface area contributed by atoms with Crippen LogP contribution in [0.4, 0.5) is 11.5 Å². The Kier molecular flexibility index (Phi) is 2.47. The van der Waals surface area contributed by atoms with Crippen LogP contribution >= 0.6 is 0 Å². The van der Waals surface area contributed by atoms with E-state index in [1.807, 2.05) is 0 Å². The molecule has 0 radical (unpaired) electrons. The Hall–Kier alpha value is -1.63. The lowest BCUT2D eigenvalue weighted by molar-refractivity contribution is -0.388. The van der Waals surface area contributed by atoms with Gasteiger partial charge in [0.15, 0.2) is 5.69 Å². The summed E-state index contributed by atoms with van der Waals surface area (Å²) in [6.07, 6.45) is 3.86. The van der Waals surface area contributed by atoms with Crippen LogP contribution in [0.5, 0.6) is 0 Å². The molecule has 4 heterocycles. The third-order valence-corrected chi connectivity index (χ3v) is 3.80. The van der Waals surface area contributed by atoms with E-state index in [2.05, 4.69) is 20.4 Å². The van der Waals surface area contributed by atoms with Crippen molar-refractivity contribution in [3.8, 4) is 0 Å². The van der Waals surface area contributed by atoms with E-state index in [0.29, 0.717) is 17.6 Å². The average Bonchev–Trinajstić information content (AvgIpc) is 2.79. The lowest BCUT2D eigenvalue weighted by atomic mass is 9.84. The molecule has 4 rings (SSSR count). The summed E-state index contributed by atoms with van der Waals surface area (Å²) < 4.78 is 0. The van der Waals surface area contributed by atoms with Crippen molar-refractivity contribution in [1.29, 1.82) is 0 Å². The van der Waals surface area contributed by atoms with E-state index in [9.17, 15) is 10.1 Å². The van der Waals surface area contributed by atoms with Crippen LogP contribution in [0.2, 0.25) is 0 Å². The zero-order valence-electron chi connectivity index (χ0n) is 9.43. The number of piperidine rings is 3. The van der Waals surface area contributed by atoms with Crippen LogP contribution in [0.1, 0.15) is 12.8 Å². The number of nitro groups is 1. The molecular formula is C10H15N5O2. The lowest BCUT2D eigenvalue weighted by Crippen LogP contribution is -2.53. The molecule has 0 saturated carbocycles.